The first-order chi connectivity index (χ1) is 14.6. The average Bonchev–Trinajstić information content (AvgIpc) is 3.09. The second-order valence-electron chi connectivity index (χ2n) is 7.63. The predicted octanol–water partition coefficient (Wildman–Crippen LogP) is 4.35. The van der Waals surface area contributed by atoms with Gasteiger partial charge < -0.3 is 10.2 Å². The van der Waals surface area contributed by atoms with E-state index in [0.29, 0.717) is 12.1 Å². The number of aliphatic hydroxyl groups is 2. The van der Waals surface area contributed by atoms with Crippen molar-refractivity contribution in [3.05, 3.63) is 65.5 Å². The molecule has 2 aromatic rings. The highest BCUT2D eigenvalue weighted by atomic mass is 32.2. The summed E-state index contributed by atoms with van der Waals surface area (Å²) < 4.78 is 117. The van der Waals surface area contributed by atoms with E-state index in [1.165, 1.54) is 0 Å². The van der Waals surface area contributed by atoms with Gasteiger partial charge in [-0.15, -0.1) is 0 Å². The topological polar surface area (TPSA) is 74.6 Å². The molecule has 32 heavy (non-hydrogen) atoms. The van der Waals surface area contributed by atoms with Crippen molar-refractivity contribution in [3.8, 4) is 0 Å². The molecular formula is C20H17F7O4S. The van der Waals surface area contributed by atoms with Crippen molar-refractivity contribution >= 4 is 9.84 Å². The van der Waals surface area contributed by atoms with Crippen molar-refractivity contribution in [2.24, 2.45) is 0 Å². The number of rotatable bonds is 4. The Morgan fingerprint density at radius 3 is 1.78 bits per heavy atom. The molecule has 3 rings (SSSR count). The van der Waals surface area contributed by atoms with Crippen molar-refractivity contribution in [2.45, 2.75) is 53.0 Å². The van der Waals surface area contributed by atoms with Crippen LogP contribution in [-0.2, 0) is 20.2 Å². The molecule has 1 fully saturated rings. The van der Waals surface area contributed by atoms with Gasteiger partial charge in [0.15, 0.2) is 9.84 Å². The van der Waals surface area contributed by atoms with Gasteiger partial charge in [0.1, 0.15) is 10.6 Å². The maximum absolute atomic E-state index is 13.4. The highest BCUT2D eigenvalue weighted by molar-refractivity contribution is 7.92. The number of benzene rings is 2. The number of aliphatic hydroxyl groups excluding tert-OH is 1. The third-order valence-corrected chi connectivity index (χ3v) is 8.26. The smallest absolute Gasteiger partial charge is 0.393 e. The largest absolute Gasteiger partial charge is 0.430 e. The number of hydrogen-bond donors (Lipinski definition) is 2. The first kappa shape index (κ1) is 24.5. The minimum absolute atomic E-state index is 0.0111. The molecule has 2 N–H and O–H groups in total. The fourth-order valence-corrected chi connectivity index (χ4v) is 6.18. The van der Waals surface area contributed by atoms with E-state index in [4.69, 9.17) is 0 Å². The van der Waals surface area contributed by atoms with Gasteiger partial charge in [-0.2, -0.15) is 26.3 Å². The summed E-state index contributed by atoms with van der Waals surface area (Å²) in [6, 6.07) is 6.00. The molecule has 0 saturated heterocycles. The van der Waals surface area contributed by atoms with Crippen LogP contribution in [0, 0.1) is 5.82 Å². The van der Waals surface area contributed by atoms with Gasteiger partial charge in [0.2, 0.25) is 0 Å². The van der Waals surface area contributed by atoms with Gasteiger partial charge in [-0.1, -0.05) is 24.3 Å². The quantitative estimate of drug-likeness (QED) is 0.498. The Kier molecular flexibility index (Phi) is 5.89. The van der Waals surface area contributed by atoms with Crippen molar-refractivity contribution < 1.29 is 49.4 Å². The molecule has 12 heteroatoms. The maximum Gasteiger partial charge on any atom is 0.430 e. The summed E-state index contributed by atoms with van der Waals surface area (Å²) in [5.41, 5.74) is -6.85. The molecule has 1 aliphatic rings. The Morgan fingerprint density at radius 1 is 0.875 bits per heavy atom. The highest BCUT2D eigenvalue weighted by Gasteiger charge is 2.71. The second kappa shape index (κ2) is 7.70. The van der Waals surface area contributed by atoms with Gasteiger partial charge in [0.05, 0.1) is 11.0 Å². The molecule has 1 aliphatic carbocycles. The van der Waals surface area contributed by atoms with Gasteiger partial charge in [0.25, 0.3) is 5.60 Å². The highest BCUT2D eigenvalue weighted by Crippen LogP contribution is 2.52. The molecule has 2 aromatic carbocycles. The number of halogens is 7. The van der Waals surface area contributed by atoms with Crippen LogP contribution in [-0.4, -0.2) is 37.1 Å². The molecule has 0 spiro atoms. The predicted molar refractivity (Wildman–Crippen MR) is 97.6 cm³/mol. The summed E-state index contributed by atoms with van der Waals surface area (Å²) in [7, 11) is -4.34. The summed E-state index contributed by atoms with van der Waals surface area (Å²) in [6.07, 6.45) is -13.8. The normalized spacial score (nSPS) is 22.8. The minimum Gasteiger partial charge on any atom is -0.393 e. The zero-order chi connectivity index (χ0) is 24.2. The summed E-state index contributed by atoms with van der Waals surface area (Å²) >= 11 is 0. The third kappa shape index (κ3) is 3.67. The molecule has 176 valence electrons. The van der Waals surface area contributed by atoms with Crippen molar-refractivity contribution in [2.75, 3.05) is 0 Å². The Hall–Kier alpha value is -2.18. The average molecular weight is 486 g/mol. The molecule has 0 aliphatic heterocycles. The van der Waals surface area contributed by atoms with Gasteiger partial charge >= 0.3 is 12.4 Å². The molecule has 2 atom stereocenters. The maximum atomic E-state index is 13.4. The van der Waals surface area contributed by atoms with Gasteiger partial charge in [-0.3, -0.25) is 0 Å². The lowest BCUT2D eigenvalue weighted by Gasteiger charge is -2.34. The first-order valence-electron chi connectivity index (χ1n) is 9.21. The van der Waals surface area contributed by atoms with Gasteiger partial charge in [-0.25, -0.2) is 12.8 Å². The Bertz CT molecular complexity index is 1060. The molecule has 0 radical (unpaired) electrons. The molecular weight excluding hydrogens is 469 g/mol. The summed E-state index contributed by atoms with van der Waals surface area (Å²) in [6.45, 7) is 0. The summed E-state index contributed by atoms with van der Waals surface area (Å²) in [5.74, 6) is -0.715. The third-order valence-electron chi connectivity index (χ3n) is 5.73. The first-order valence-corrected chi connectivity index (χ1v) is 10.7. The lowest BCUT2D eigenvalue weighted by molar-refractivity contribution is -0.376. The molecule has 4 nitrogen and oxygen atoms in total. The van der Waals surface area contributed by atoms with Gasteiger partial charge in [-0.05, 0) is 49.1 Å². The van der Waals surface area contributed by atoms with Crippen molar-refractivity contribution in [1.29, 1.82) is 0 Å². The molecule has 0 amide bonds. The Balaban J connectivity index is 2.14. The van der Waals surface area contributed by atoms with Crippen LogP contribution in [0.2, 0.25) is 0 Å². The summed E-state index contributed by atoms with van der Waals surface area (Å²) in [4.78, 5) is -0.320. The number of hydrogen-bond acceptors (Lipinski definition) is 4. The minimum atomic E-state index is -6.09. The monoisotopic (exact) mass is 486 g/mol. The van der Waals surface area contributed by atoms with E-state index in [1.807, 2.05) is 0 Å². The molecule has 0 heterocycles. The Morgan fingerprint density at radius 2 is 1.38 bits per heavy atom. The molecule has 0 aromatic heterocycles. The van der Waals surface area contributed by atoms with Crippen LogP contribution in [0.3, 0.4) is 0 Å². The molecule has 0 unspecified atom stereocenters. The van der Waals surface area contributed by atoms with Gasteiger partial charge in [0, 0.05) is 5.56 Å². The van der Waals surface area contributed by atoms with Crippen LogP contribution < -0.4 is 0 Å². The lowest BCUT2D eigenvalue weighted by atomic mass is 9.88. The van der Waals surface area contributed by atoms with E-state index in [2.05, 4.69) is 0 Å². The van der Waals surface area contributed by atoms with Crippen LogP contribution in [0.25, 0.3) is 0 Å². The number of alkyl halides is 6. The van der Waals surface area contributed by atoms with Crippen molar-refractivity contribution in [3.63, 3.8) is 0 Å². The zero-order valence-electron chi connectivity index (χ0n) is 16.1. The fraction of sp³-hybridized carbons (Fsp3) is 0.400. The van der Waals surface area contributed by atoms with E-state index < -0.39 is 50.0 Å². The fourth-order valence-electron chi connectivity index (χ4n) is 3.99. The van der Waals surface area contributed by atoms with Crippen LogP contribution in [0.4, 0.5) is 30.7 Å². The standard InChI is InChI=1S/C20H17F7O4S/c21-14-5-7-16(8-6-14)32(30,31)17(10-9-15(28)11-17)12-1-3-13(4-2-12)18(29,19(22,23)24)20(25,26)27/h1-8,15,28-29H,9-11H2/t15-,17+/m1/s1. The molecule has 1 saturated carbocycles. The van der Waals surface area contributed by atoms with Crippen LogP contribution in [0.15, 0.2) is 53.4 Å². The van der Waals surface area contributed by atoms with E-state index >= 15 is 0 Å². The second-order valence-corrected chi connectivity index (χ2v) is 9.89. The van der Waals surface area contributed by atoms with Crippen LogP contribution >= 0.6 is 0 Å². The number of sulfone groups is 1. The van der Waals surface area contributed by atoms with Crippen LogP contribution in [0.1, 0.15) is 30.4 Å². The SMILES string of the molecule is O=S(=O)(c1ccc(F)cc1)[C@@]1(c2ccc(C(O)(C(F)(F)F)C(F)(F)F)cc2)CC[C@@H](O)C1. The van der Waals surface area contributed by atoms with E-state index in [9.17, 15) is 49.4 Å². The zero-order valence-corrected chi connectivity index (χ0v) is 16.9. The lowest BCUT2D eigenvalue weighted by Crippen LogP contribution is -2.53. The van der Waals surface area contributed by atoms with E-state index in [-0.39, 0.29) is 29.7 Å². The molecule has 0 bridgehead atoms. The Labute approximate surface area is 178 Å². The van der Waals surface area contributed by atoms with Crippen molar-refractivity contribution in [1.82, 2.24) is 0 Å². The summed E-state index contributed by atoms with van der Waals surface area (Å²) in [5, 5.41) is 19.6. The van der Waals surface area contributed by atoms with Crippen LogP contribution in [0.5, 0.6) is 0 Å². The van der Waals surface area contributed by atoms with E-state index in [1.54, 1.807) is 0 Å². The van der Waals surface area contributed by atoms with E-state index in [0.717, 1.165) is 36.4 Å².